The zero-order valence-electron chi connectivity index (χ0n) is 30.2. The van der Waals surface area contributed by atoms with Gasteiger partial charge in [-0.25, -0.2) is 0 Å². The number of rotatable bonds is 2. The van der Waals surface area contributed by atoms with Gasteiger partial charge in [0.05, 0.1) is 0 Å². The van der Waals surface area contributed by atoms with Crippen LogP contribution in [0.15, 0.2) is 24.3 Å². The first kappa shape index (κ1) is 34.5. The Morgan fingerprint density at radius 3 is 1.21 bits per heavy atom. The molecule has 236 valence electrons. The van der Waals surface area contributed by atoms with Crippen LogP contribution in [0.1, 0.15) is 143 Å². The van der Waals surface area contributed by atoms with E-state index in [-0.39, 0.29) is 32.8 Å². The third-order valence-electron chi connectivity index (χ3n) is 8.74. The molecule has 3 nitrogen and oxygen atoms in total. The molecule has 0 aromatic heterocycles. The molecule has 3 aromatic carbocycles. The Morgan fingerprint density at radius 2 is 0.837 bits per heavy atom. The lowest BCUT2D eigenvalue weighted by Crippen LogP contribution is -2.20. The lowest BCUT2D eigenvalue weighted by molar-refractivity contribution is 0.422. The normalized spacial score (nSPS) is 13.5. The summed E-state index contributed by atoms with van der Waals surface area (Å²) in [4.78, 5) is 0. The molecule has 0 aliphatic rings. The summed E-state index contributed by atoms with van der Waals surface area (Å²) in [6, 6.07) is 8.35. The van der Waals surface area contributed by atoms with Gasteiger partial charge in [0.2, 0.25) is 0 Å². The van der Waals surface area contributed by atoms with Crippen molar-refractivity contribution in [3.05, 3.63) is 63.2 Å². The minimum absolute atomic E-state index is 0.220. The van der Waals surface area contributed by atoms with E-state index in [1.165, 1.54) is 0 Å². The lowest BCUT2D eigenvalue weighted by Gasteiger charge is -2.33. The molecule has 3 rings (SSSR count). The maximum atomic E-state index is 12.2. The molecule has 3 N–H and O–H groups in total. The van der Waals surface area contributed by atoms with Crippen LogP contribution in [0.4, 0.5) is 0 Å². The highest BCUT2D eigenvalue weighted by Gasteiger charge is 2.34. The number of phenols is 3. The Balaban J connectivity index is 2.68. The van der Waals surface area contributed by atoms with Gasteiger partial charge in [0, 0.05) is 27.8 Å². The molecule has 0 bridgehead atoms. The van der Waals surface area contributed by atoms with Crippen LogP contribution in [0.2, 0.25) is 0 Å². The maximum absolute atomic E-state index is 12.2. The van der Waals surface area contributed by atoms with Crippen LogP contribution in [0, 0.1) is 13.8 Å². The quantitative estimate of drug-likeness (QED) is 0.280. The van der Waals surface area contributed by atoms with E-state index in [2.05, 4.69) is 142 Å². The highest BCUT2D eigenvalue weighted by atomic mass is 16.3. The zero-order valence-corrected chi connectivity index (χ0v) is 30.2. The van der Waals surface area contributed by atoms with E-state index in [9.17, 15) is 15.3 Å². The second-order valence-corrected chi connectivity index (χ2v) is 17.8. The van der Waals surface area contributed by atoms with Crippen molar-refractivity contribution in [3.8, 4) is 39.5 Å². The molecule has 0 fully saturated rings. The molecule has 0 radical (unpaired) electrons. The van der Waals surface area contributed by atoms with E-state index in [0.717, 1.165) is 61.2 Å². The minimum Gasteiger partial charge on any atom is -0.507 e. The molecule has 0 saturated heterocycles. The monoisotopic (exact) mass is 586 g/mol. The molecule has 0 heterocycles. The van der Waals surface area contributed by atoms with Crippen molar-refractivity contribution >= 4 is 0 Å². The second kappa shape index (κ2) is 10.6. The van der Waals surface area contributed by atoms with Gasteiger partial charge >= 0.3 is 0 Å². The SMILES string of the molecule is Cc1c(-c2ccc(C(C)(C)C)c(O)c2C(C)(C)C)c(C)c(C(C)(C)C)c(O)c1-c1cc(C(C)(C)C)c(O)c(C(C)(C)C)c1. The van der Waals surface area contributed by atoms with Gasteiger partial charge < -0.3 is 15.3 Å². The van der Waals surface area contributed by atoms with Crippen molar-refractivity contribution in [3.63, 3.8) is 0 Å². The molecule has 0 spiro atoms. The van der Waals surface area contributed by atoms with Gasteiger partial charge in [-0.3, -0.25) is 0 Å². The molecule has 0 aliphatic carbocycles. The fraction of sp³-hybridized carbons (Fsp3) is 0.550. The van der Waals surface area contributed by atoms with Crippen LogP contribution in [0.3, 0.4) is 0 Å². The highest BCUT2D eigenvalue weighted by Crippen LogP contribution is 2.53. The van der Waals surface area contributed by atoms with Gasteiger partial charge in [-0.05, 0) is 86.4 Å². The van der Waals surface area contributed by atoms with Crippen molar-refractivity contribution in [1.29, 1.82) is 0 Å². The molecule has 0 aliphatic heterocycles. The predicted octanol–water partition coefficient (Wildman–Crippen LogP) is 11.2. The molecule has 3 aromatic rings. The average molecular weight is 587 g/mol. The summed E-state index contributed by atoms with van der Waals surface area (Å²) < 4.78 is 0. The van der Waals surface area contributed by atoms with E-state index >= 15 is 0 Å². The molecule has 0 atom stereocenters. The molecular formula is C40H58O3. The maximum Gasteiger partial charge on any atom is 0.127 e. The Hall–Kier alpha value is -2.94. The van der Waals surface area contributed by atoms with Crippen LogP contribution in [-0.2, 0) is 27.1 Å². The van der Waals surface area contributed by atoms with Crippen molar-refractivity contribution in [2.75, 3.05) is 0 Å². The van der Waals surface area contributed by atoms with E-state index in [0.29, 0.717) is 11.5 Å². The summed E-state index contributed by atoms with van der Waals surface area (Å²) in [5, 5.41) is 35.5. The summed E-state index contributed by atoms with van der Waals surface area (Å²) in [6.45, 7) is 36.1. The van der Waals surface area contributed by atoms with Crippen LogP contribution in [0.5, 0.6) is 17.2 Å². The molecule has 0 unspecified atom stereocenters. The van der Waals surface area contributed by atoms with Crippen LogP contribution in [-0.4, -0.2) is 15.3 Å². The van der Waals surface area contributed by atoms with Gasteiger partial charge in [-0.2, -0.15) is 0 Å². The highest BCUT2D eigenvalue weighted by molar-refractivity contribution is 5.89. The largest absolute Gasteiger partial charge is 0.507 e. The first-order valence-electron chi connectivity index (χ1n) is 15.7. The topological polar surface area (TPSA) is 60.7 Å². The first-order chi connectivity index (χ1) is 19.1. The molecule has 43 heavy (non-hydrogen) atoms. The van der Waals surface area contributed by atoms with Gasteiger partial charge in [0.1, 0.15) is 17.2 Å². The van der Waals surface area contributed by atoms with Crippen LogP contribution in [0.25, 0.3) is 22.3 Å². The van der Waals surface area contributed by atoms with Crippen LogP contribution < -0.4 is 0 Å². The third kappa shape index (κ3) is 6.33. The lowest BCUT2D eigenvalue weighted by atomic mass is 9.71. The number of aromatic hydroxyl groups is 3. The minimum atomic E-state index is -0.350. The van der Waals surface area contributed by atoms with E-state index < -0.39 is 0 Å². The van der Waals surface area contributed by atoms with Gasteiger partial charge in [-0.1, -0.05) is 116 Å². The standard InChI is InChI=1S/C40H58O3/c1-22-29(25-18-19-26(36(3,4)5)34(42)32(25)40(15,16)17)23(2)31(39(12,13)14)35(43)30(22)24-20-27(37(6,7)8)33(41)28(21-24)38(9,10)11/h18-21,41-43H,1-17H3. The first-order valence-corrected chi connectivity index (χ1v) is 15.7. The van der Waals surface area contributed by atoms with Crippen molar-refractivity contribution < 1.29 is 15.3 Å². The van der Waals surface area contributed by atoms with Gasteiger partial charge in [0.25, 0.3) is 0 Å². The van der Waals surface area contributed by atoms with Crippen LogP contribution >= 0.6 is 0 Å². The summed E-state index contributed by atoms with van der Waals surface area (Å²) in [5.74, 6) is 0.949. The average Bonchev–Trinajstić information content (AvgIpc) is 2.75. The summed E-state index contributed by atoms with van der Waals surface area (Å²) in [6.07, 6.45) is 0. The summed E-state index contributed by atoms with van der Waals surface area (Å²) >= 11 is 0. The van der Waals surface area contributed by atoms with E-state index in [4.69, 9.17) is 0 Å². The molecule has 3 heteroatoms. The smallest absolute Gasteiger partial charge is 0.127 e. The second-order valence-electron chi connectivity index (χ2n) is 17.8. The Bertz CT molecular complexity index is 1520. The van der Waals surface area contributed by atoms with Gasteiger partial charge in [-0.15, -0.1) is 0 Å². The predicted molar refractivity (Wildman–Crippen MR) is 185 cm³/mol. The molecular weight excluding hydrogens is 528 g/mol. The zero-order chi connectivity index (χ0) is 33.4. The van der Waals surface area contributed by atoms with Gasteiger partial charge in [0.15, 0.2) is 0 Å². The Morgan fingerprint density at radius 1 is 0.419 bits per heavy atom. The molecule has 0 saturated carbocycles. The third-order valence-corrected chi connectivity index (χ3v) is 8.74. The number of phenolic OH excluding ortho intramolecular Hbond substituents is 3. The fourth-order valence-electron chi connectivity index (χ4n) is 6.77. The summed E-state index contributed by atoms with van der Waals surface area (Å²) in [7, 11) is 0. The Labute approximate surface area is 262 Å². The number of hydrogen-bond acceptors (Lipinski definition) is 3. The van der Waals surface area contributed by atoms with Crippen molar-refractivity contribution in [2.24, 2.45) is 0 Å². The number of hydrogen-bond donors (Lipinski definition) is 3. The van der Waals surface area contributed by atoms with Crippen molar-refractivity contribution in [1.82, 2.24) is 0 Å². The van der Waals surface area contributed by atoms with E-state index in [1.807, 2.05) is 0 Å². The Kier molecular flexibility index (Phi) is 8.52. The van der Waals surface area contributed by atoms with E-state index in [1.54, 1.807) is 0 Å². The van der Waals surface area contributed by atoms with Crippen molar-refractivity contribution in [2.45, 2.75) is 145 Å². The molecule has 0 amide bonds. The number of benzene rings is 3. The summed E-state index contributed by atoms with van der Waals surface area (Å²) in [5.41, 5.74) is 8.61. The fourth-order valence-corrected chi connectivity index (χ4v) is 6.77.